The fourth-order valence-corrected chi connectivity index (χ4v) is 3.02. The van der Waals surface area contributed by atoms with Gasteiger partial charge in [-0.15, -0.1) is 0 Å². The Morgan fingerprint density at radius 3 is 2.65 bits per heavy atom. The summed E-state index contributed by atoms with van der Waals surface area (Å²) in [4.78, 5) is 22.5. The van der Waals surface area contributed by atoms with Crippen molar-refractivity contribution in [1.82, 2.24) is 0 Å². The van der Waals surface area contributed by atoms with Crippen molar-refractivity contribution in [2.24, 2.45) is 17.8 Å². The molecule has 102 valence electrons. The fourth-order valence-electron chi connectivity index (χ4n) is 3.02. The number of carbonyl (C=O) groups is 1. The second-order valence-electron chi connectivity index (χ2n) is 5.51. The van der Waals surface area contributed by atoms with Crippen LogP contribution in [0, 0.1) is 39.2 Å². The Kier molecular flexibility index (Phi) is 2.90. The molecule has 3 rings (SSSR count). The molecule has 6 heteroatoms. The van der Waals surface area contributed by atoms with Gasteiger partial charge in [-0.1, -0.05) is 0 Å². The number of amides is 1. The molecule has 1 amide bonds. The summed E-state index contributed by atoms with van der Waals surface area (Å²) in [7, 11) is 0. The lowest BCUT2D eigenvalue weighted by atomic mass is 10.0. The number of benzene rings is 1. The Labute approximate surface area is 115 Å². The van der Waals surface area contributed by atoms with Crippen LogP contribution in [0.4, 0.5) is 11.4 Å². The highest BCUT2D eigenvalue weighted by molar-refractivity contribution is 5.95. The molecule has 0 aromatic heterocycles. The summed E-state index contributed by atoms with van der Waals surface area (Å²) in [5.74, 6) is 1.18. The van der Waals surface area contributed by atoms with E-state index in [4.69, 9.17) is 5.26 Å². The van der Waals surface area contributed by atoms with Gasteiger partial charge in [0.2, 0.25) is 5.91 Å². The van der Waals surface area contributed by atoms with Crippen LogP contribution >= 0.6 is 0 Å². The second-order valence-corrected chi connectivity index (χ2v) is 5.51. The van der Waals surface area contributed by atoms with E-state index in [9.17, 15) is 14.9 Å². The number of fused-ring (bicyclic) bond motifs is 1. The van der Waals surface area contributed by atoms with Crippen molar-refractivity contribution in [3.05, 3.63) is 33.9 Å². The van der Waals surface area contributed by atoms with Crippen LogP contribution in [0.25, 0.3) is 0 Å². The van der Waals surface area contributed by atoms with Crippen LogP contribution in [0.15, 0.2) is 18.2 Å². The summed E-state index contributed by atoms with van der Waals surface area (Å²) in [6.45, 7) is 0. The minimum Gasteiger partial charge on any atom is -0.320 e. The molecular weight excluding hydrogens is 258 g/mol. The molecular formula is C14H13N3O3. The molecule has 2 unspecified atom stereocenters. The van der Waals surface area contributed by atoms with Crippen LogP contribution in [-0.4, -0.2) is 10.8 Å². The van der Waals surface area contributed by atoms with E-state index in [1.165, 1.54) is 24.6 Å². The highest BCUT2D eigenvalue weighted by Crippen LogP contribution is 2.54. The van der Waals surface area contributed by atoms with Gasteiger partial charge in [0.15, 0.2) is 0 Å². The lowest BCUT2D eigenvalue weighted by molar-refractivity contribution is -0.384. The van der Waals surface area contributed by atoms with E-state index in [-0.39, 0.29) is 28.8 Å². The first-order valence-electron chi connectivity index (χ1n) is 6.58. The fraction of sp³-hybridized carbons (Fsp3) is 0.429. The highest BCUT2D eigenvalue weighted by atomic mass is 16.6. The number of rotatable bonds is 3. The molecule has 0 aliphatic heterocycles. The summed E-state index contributed by atoms with van der Waals surface area (Å²) < 4.78 is 0. The predicted molar refractivity (Wildman–Crippen MR) is 70.8 cm³/mol. The first-order chi connectivity index (χ1) is 9.58. The molecule has 20 heavy (non-hydrogen) atoms. The van der Waals surface area contributed by atoms with E-state index in [2.05, 4.69) is 5.32 Å². The van der Waals surface area contributed by atoms with Gasteiger partial charge in [0.05, 0.1) is 16.6 Å². The summed E-state index contributed by atoms with van der Waals surface area (Å²) in [5, 5.41) is 22.4. The van der Waals surface area contributed by atoms with Gasteiger partial charge in [-0.3, -0.25) is 14.9 Å². The molecule has 2 atom stereocenters. The molecule has 6 nitrogen and oxygen atoms in total. The molecule has 2 aliphatic carbocycles. The molecule has 0 radical (unpaired) electrons. The van der Waals surface area contributed by atoms with E-state index < -0.39 is 4.92 Å². The second kappa shape index (κ2) is 4.60. The Morgan fingerprint density at radius 2 is 2.05 bits per heavy atom. The summed E-state index contributed by atoms with van der Waals surface area (Å²) >= 11 is 0. The van der Waals surface area contributed by atoms with Gasteiger partial charge in [-0.2, -0.15) is 5.26 Å². The van der Waals surface area contributed by atoms with E-state index >= 15 is 0 Å². The number of nitro benzene ring substituents is 1. The van der Waals surface area contributed by atoms with Crippen molar-refractivity contribution in [2.75, 3.05) is 5.32 Å². The minimum atomic E-state index is -0.581. The van der Waals surface area contributed by atoms with Gasteiger partial charge >= 0.3 is 0 Å². The molecule has 1 N–H and O–H groups in total. The van der Waals surface area contributed by atoms with Crippen LogP contribution in [-0.2, 0) is 4.79 Å². The van der Waals surface area contributed by atoms with E-state index in [1.807, 2.05) is 6.07 Å². The van der Waals surface area contributed by atoms with Crippen molar-refractivity contribution < 1.29 is 9.72 Å². The van der Waals surface area contributed by atoms with Crippen LogP contribution in [0.2, 0.25) is 0 Å². The van der Waals surface area contributed by atoms with Crippen LogP contribution < -0.4 is 5.32 Å². The van der Waals surface area contributed by atoms with Crippen molar-refractivity contribution in [1.29, 1.82) is 5.26 Å². The third kappa shape index (κ3) is 2.23. The largest absolute Gasteiger partial charge is 0.320 e. The van der Waals surface area contributed by atoms with Gasteiger partial charge in [0.1, 0.15) is 5.69 Å². The molecule has 2 saturated carbocycles. The molecule has 1 aromatic rings. The maximum atomic E-state index is 12.1. The molecule has 1 aromatic carbocycles. The molecule has 0 heterocycles. The lowest BCUT2D eigenvalue weighted by Crippen LogP contribution is -2.22. The minimum absolute atomic E-state index is 0.0333. The third-order valence-corrected chi connectivity index (χ3v) is 4.20. The predicted octanol–water partition coefficient (Wildman–Crippen LogP) is 2.45. The average molecular weight is 271 g/mol. The number of anilines is 1. The quantitative estimate of drug-likeness (QED) is 0.674. The Hall–Kier alpha value is -2.42. The van der Waals surface area contributed by atoms with Crippen LogP contribution in [0.1, 0.15) is 24.8 Å². The highest BCUT2D eigenvalue weighted by Gasteiger charge is 2.48. The van der Waals surface area contributed by atoms with Gasteiger partial charge in [-0.05, 0) is 43.2 Å². The normalized spacial score (nSPS) is 26.4. The Morgan fingerprint density at radius 1 is 1.35 bits per heavy atom. The van der Waals surface area contributed by atoms with Crippen molar-refractivity contribution in [2.45, 2.75) is 19.3 Å². The van der Waals surface area contributed by atoms with Crippen LogP contribution in [0.5, 0.6) is 0 Å². The SMILES string of the molecule is N#Cc1ccc(NC(=O)C2CC3CC3C2)c([N+](=O)[O-])c1. The maximum absolute atomic E-state index is 12.1. The molecule has 0 saturated heterocycles. The topological polar surface area (TPSA) is 96.0 Å². The Bertz CT molecular complexity index is 625. The van der Waals surface area contributed by atoms with E-state index in [0.717, 1.165) is 12.8 Å². The smallest absolute Gasteiger partial charge is 0.294 e. The van der Waals surface area contributed by atoms with Crippen molar-refractivity contribution >= 4 is 17.3 Å². The summed E-state index contributed by atoms with van der Waals surface area (Å²) in [6, 6.07) is 5.92. The standard InChI is InChI=1S/C14H13N3O3/c15-7-8-1-2-12(13(3-8)17(19)20)16-14(18)11-5-9-4-10(9)6-11/h1-3,9-11H,4-6H2,(H,16,18). The number of nitriles is 1. The first kappa shape index (κ1) is 12.6. The monoisotopic (exact) mass is 271 g/mol. The molecule has 0 bridgehead atoms. The third-order valence-electron chi connectivity index (χ3n) is 4.20. The number of nitrogens with zero attached hydrogens (tertiary/aromatic N) is 2. The number of carbonyl (C=O) groups excluding carboxylic acids is 1. The number of nitrogens with one attached hydrogen (secondary N) is 1. The molecule has 2 fully saturated rings. The number of nitro groups is 1. The Balaban J connectivity index is 1.78. The summed E-state index contributed by atoms with van der Waals surface area (Å²) in [5.41, 5.74) is 0.136. The average Bonchev–Trinajstić information content (AvgIpc) is 3.05. The number of hydrogen-bond donors (Lipinski definition) is 1. The zero-order chi connectivity index (χ0) is 14.3. The van der Waals surface area contributed by atoms with Crippen LogP contribution in [0.3, 0.4) is 0 Å². The van der Waals surface area contributed by atoms with Crippen molar-refractivity contribution in [3.63, 3.8) is 0 Å². The number of hydrogen-bond acceptors (Lipinski definition) is 4. The van der Waals surface area contributed by atoms with Crippen molar-refractivity contribution in [3.8, 4) is 6.07 Å². The maximum Gasteiger partial charge on any atom is 0.294 e. The van der Waals surface area contributed by atoms with Gasteiger partial charge in [0, 0.05) is 12.0 Å². The van der Waals surface area contributed by atoms with Gasteiger partial charge in [0.25, 0.3) is 5.69 Å². The lowest BCUT2D eigenvalue weighted by Gasteiger charge is -2.12. The van der Waals surface area contributed by atoms with Gasteiger partial charge < -0.3 is 5.32 Å². The molecule has 2 aliphatic rings. The van der Waals surface area contributed by atoms with Gasteiger partial charge in [-0.25, -0.2) is 0 Å². The zero-order valence-corrected chi connectivity index (χ0v) is 10.7. The first-order valence-corrected chi connectivity index (χ1v) is 6.58. The van der Waals surface area contributed by atoms with E-state index in [1.54, 1.807) is 0 Å². The van der Waals surface area contributed by atoms with E-state index in [0.29, 0.717) is 11.8 Å². The zero-order valence-electron chi connectivity index (χ0n) is 10.7. The molecule has 0 spiro atoms. The summed E-state index contributed by atoms with van der Waals surface area (Å²) in [6.07, 6.45) is 3.00.